The van der Waals surface area contributed by atoms with E-state index >= 15 is 0 Å². The van der Waals surface area contributed by atoms with Crippen LogP contribution in [0.4, 0.5) is 0 Å². The Kier molecular flexibility index (Phi) is 3.36. The summed E-state index contributed by atoms with van der Waals surface area (Å²) in [6.45, 7) is 0. The lowest BCUT2D eigenvalue weighted by molar-refractivity contribution is -0.592. The van der Waals surface area contributed by atoms with Crippen LogP contribution in [0.3, 0.4) is 0 Å². The number of pyridine rings is 1. The molecule has 0 saturated carbocycles. The van der Waals surface area contributed by atoms with Crippen molar-refractivity contribution in [1.82, 2.24) is 0 Å². The SMILES string of the molecule is COc1cc2cc(-c3ccccc3)[n+]([O-])cc2cc1OC. The predicted octanol–water partition coefficient (Wildman–Crippen LogP) is 3.16. The summed E-state index contributed by atoms with van der Waals surface area (Å²) in [4.78, 5) is 0. The van der Waals surface area contributed by atoms with Crippen molar-refractivity contribution < 1.29 is 14.2 Å². The van der Waals surface area contributed by atoms with Crippen LogP contribution in [0.2, 0.25) is 0 Å². The highest BCUT2D eigenvalue weighted by Crippen LogP contribution is 2.32. The molecule has 0 radical (unpaired) electrons. The topological polar surface area (TPSA) is 45.4 Å². The van der Waals surface area contributed by atoms with E-state index in [0.717, 1.165) is 21.1 Å². The van der Waals surface area contributed by atoms with Gasteiger partial charge in [-0.05, 0) is 29.7 Å². The zero-order valence-corrected chi connectivity index (χ0v) is 11.9. The van der Waals surface area contributed by atoms with Crippen LogP contribution in [0.15, 0.2) is 54.7 Å². The Morgan fingerprint density at radius 1 is 0.857 bits per heavy atom. The van der Waals surface area contributed by atoms with Crippen molar-refractivity contribution in [2.24, 2.45) is 0 Å². The molecule has 0 aliphatic carbocycles. The monoisotopic (exact) mass is 281 g/mol. The molecule has 0 spiro atoms. The molecule has 2 aromatic carbocycles. The fraction of sp³-hybridized carbons (Fsp3) is 0.118. The van der Waals surface area contributed by atoms with E-state index < -0.39 is 0 Å². The molecular formula is C17H15NO3. The minimum absolute atomic E-state index is 0.607. The molecule has 0 bridgehead atoms. The highest BCUT2D eigenvalue weighted by atomic mass is 16.5. The molecule has 4 heteroatoms. The zero-order valence-electron chi connectivity index (χ0n) is 11.9. The number of ether oxygens (including phenoxy) is 2. The zero-order chi connectivity index (χ0) is 14.8. The van der Waals surface area contributed by atoms with Gasteiger partial charge in [-0.3, -0.25) is 0 Å². The van der Waals surface area contributed by atoms with Gasteiger partial charge >= 0.3 is 0 Å². The van der Waals surface area contributed by atoms with Gasteiger partial charge in [-0.25, -0.2) is 0 Å². The largest absolute Gasteiger partial charge is 0.618 e. The lowest BCUT2D eigenvalue weighted by Crippen LogP contribution is -2.28. The molecule has 1 aromatic heterocycles. The first-order valence-corrected chi connectivity index (χ1v) is 6.57. The van der Waals surface area contributed by atoms with Crippen LogP contribution in [0.5, 0.6) is 11.5 Å². The number of aromatic nitrogens is 1. The van der Waals surface area contributed by atoms with Gasteiger partial charge in [0.05, 0.1) is 19.6 Å². The lowest BCUT2D eigenvalue weighted by atomic mass is 10.1. The van der Waals surface area contributed by atoms with Gasteiger partial charge in [0.1, 0.15) is 0 Å². The summed E-state index contributed by atoms with van der Waals surface area (Å²) < 4.78 is 11.5. The standard InChI is InChI=1S/C17H15NO3/c1-20-16-9-13-8-15(12-6-4-3-5-7-12)18(19)11-14(13)10-17(16)21-2/h3-11H,1-2H3. The quantitative estimate of drug-likeness (QED) is 0.547. The van der Waals surface area contributed by atoms with E-state index in [1.54, 1.807) is 26.5 Å². The van der Waals surface area contributed by atoms with Crippen LogP contribution in [-0.2, 0) is 0 Å². The van der Waals surface area contributed by atoms with E-state index in [0.29, 0.717) is 17.2 Å². The number of nitrogens with zero attached hydrogens (tertiary/aromatic N) is 1. The molecule has 0 amide bonds. The van der Waals surface area contributed by atoms with E-state index in [1.807, 2.05) is 42.5 Å². The van der Waals surface area contributed by atoms with E-state index in [1.165, 1.54) is 0 Å². The van der Waals surface area contributed by atoms with E-state index in [-0.39, 0.29) is 0 Å². The van der Waals surface area contributed by atoms with Gasteiger partial charge in [-0.1, -0.05) is 18.2 Å². The van der Waals surface area contributed by atoms with Gasteiger partial charge in [-0.15, -0.1) is 0 Å². The molecule has 0 atom stereocenters. The van der Waals surface area contributed by atoms with Crippen molar-refractivity contribution in [1.29, 1.82) is 0 Å². The molecule has 0 unspecified atom stereocenters. The molecule has 1 heterocycles. The summed E-state index contributed by atoms with van der Waals surface area (Å²) in [5, 5.41) is 14.0. The predicted molar refractivity (Wildman–Crippen MR) is 81.4 cm³/mol. The maximum Gasteiger partial charge on any atom is 0.224 e. The van der Waals surface area contributed by atoms with Crippen LogP contribution >= 0.6 is 0 Å². The molecule has 3 rings (SSSR count). The van der Waals surface area contributed by atoms with E-state index in [9.17, 15) is 5.21 Å². The molecule has 4 nitrogen and oxygen atoms in total. The summed E-state index contributed by atoms with van der Waals surface area (Å²) in [6.07, 6.45) is 1.56. The second kappa shape index (κ2) is 5.32. The summed E-state index contributed by atoms with van der Waals surface area (Å²) in [5.41, 5.74) is 1.49. The Hall–Kier alpha value is -2.75. The lowest BCUT2D eigenvalue weighted by Gasteiger charge is -2.10. The maximum atomic E-state index is 12.2. The normalized spacial score (nSPS) is 10.6. The molecule has 0 saturated heterocycles. The van der Waals surface area contributed by atoms with Crippen molar-refractivity contribution in [3.05, 3.63) is 59.9 Å². The van der Waals surface area contributed by atoms with Crippen molar-refractivity contribution in [3.63, 3.8) is 0 Å². The summed E-state index contributed by atoms with van der Waals surface area (Å²) >= 11 is 0. The summed E-state index contributed by atoms with van der Waals surface area (Å²) in [7, 11) is 3.17. The molecule has 21 heavy (non-hydrogen) atoms. The van der Waals surface area contributed by atoms with Crippen LogP contribution < -0.4 is 14.2 Å². The van der Waals surface area contributed by atoms with Crippen molar-refractivity contribution in [3.8, 4) is 22.8 Å². The molecule has 0 aliphatic heterocycles. The first kappa shape index (κ1) is 13.2. The first-order chi connectivity index (χ1) is 10.2. The maximum absolute atomic E-state index is 12.2. The van der Waals surface area contributed by atoms with Crippen LogP contribution in [0.25, 0.3) is 22.0 Å². The second-order valence-electron chi connectivity index (χ2n) is 4.69. The van der Waals surface area contributed by atoms with E-state index in [4.69, 9.17) is 9.47 Å². The van der Waals surface area contributed by atoms with E-state index in [2.05, 4.69) is 0 Å². The van der Waals surface area contributed by atoms with Gasteiger partial charge < -0.3 is 14.7 Å². The van der Waals surface area contributed by atoms with Crippen LogP contribution in [0, 0.1) is 5.21 Å². The van der Waals surface area contributed by atoms with Gasteiger partial charge in [-0.2, -0.15) is 4.73 Å². The molecule has 0 aliphatic rings. The van der Waals surface area contributed by atoms with Crippen LogP contribution in [-0.4, -0.2) is 14.2 Å². The Morgan fingerprint density at radius 2 is 1.48 bits per heavy atom. The molecule has 0 N–H and O–H groups in total. The molecule has 3 aromatic rings. The number of rotatable bonds is 3. The van der Waals surface area contributed by atoms with Crippen LogP contribution in [0.1, 0.15) is 0 Å². The third-order valence-electron chi connectivity index (χ3n) is 3.44. The molecule has 0 fully saturated rings. The minimum atomic E-state index is 0.607. The fourth-order valence-electron chi connectivity index (χ4n) is 2.37. The summed E-state index contributed by atoms with van der Waals surface area (Å²) in [5.74, 6) is 1.25. The highest BCUT2D eigenvalue weighted by Gasteiger charge is 2.13. The Morgan fingerprint density at radius 3 is 2.10 bits per heavy atom. The molecule has 106 valence electrons. The van der Waals surface area contributed by atoms with Gasteiger partial charge in [0.15, 0.2) is 17.7 Å². The third kappa shape index (κ3) is 2.36. The number of fused-ring (bicyclic) bond motifs is 1. The Labute approximate surface area is 122 Å². The minimum Gasteiger partial charge on any atom is -0.618 e. The smallest absolute Gasteiger partial charge is 0.224 e. The number of methoxy groups -OCH3 is 2. The number of hydrogen-bond acceptors (Lipinski definition) is 3. The van der Waals surface area contributed by atoms with Gasteiger partial charge in [0.25, 0.3) is 0 Å². The highest BCUT2D eigenvalue weighted by molar-refractivity contribution is 5.87. The van der Waals surface area contributed by atoms with Gasteiger partial charge in [0.2, 0.25) is 5.69 Å². The average molecular weight is 281 g/mol. The molecular weight excluding hydrogens is 266 g/mol. The van der Waals surface area contributed by atoms with Crippen molar-refractivity contribution >= 4 is 10.8 Å². The average Bonchev–Trinajstić information content (AvgIpc) is 2.53. The Bertz CT molecular complexity index is 785. The van der Waals surface area contributed by atoms with Crippen molar-refractivity contribution in [2.75, 3.05) is 14.2 Å². The van der Waals surface area contributed by atoms with Crippen molar-refractivity contribution in [2.45, 2.75) is 0 Å². The third-order valence-corrected chi connectivity index (χ3v) is 3.44. The number of hydrogen-bond donors (Lipinski definition) is 0. The first-order valence-electron chi connectivity index (χ1n) is 6.57. The summed E-state index contributed by atoms with van der Waals surface area (Å²) in [6, 6.07) is 15.1. The van der Waals surface area contributed by atoms with Gasteiger partial charge in [0, 0.05) is 11.6 Å². The number of benzene rings is 2. The Balaban J connectivity index is 2.23. The second-order valence-corrected chi connectivity index (χ2v) is 4.69. The fourth-order valence-corrected chi connectivity index (χ4v) is 2.37.